The van der Waals surface area contributed by atoms with Gasteiger partial charge < -0.3 is 5.32 Å². The van der Waals surface area contributed by atoms with E-state index in [0.29, 0.717) is 15.7 Å². The predicted molar refractivity (Wildman–Crippen MR) is 80.5 cm³/mol. The van der Waals surface area contributed by atoms with Gasteiger partial charge in [-0.05, 0) is 42.0 Å². The minimum atomic E-state index is -0.335. The normalized spacial score (nSPS) is 10.8. The second-order valence-electron chi connectivity index (χ2n) is 4.00. The number of amides is 1. The first-order valence-corrected chi connectivity index (χ1v) is 6.50. The van der Waals surface area contributed by atoms with Gasteiger partial charge in [0.25, 0.3) is 0 Å². The Kier molecular flexibility index (Phi) is 4.77. The molecule has 2 aromatic carbocycles. The lowest BCUT2D eigenvalue weighted by molar-refractivity contribution is -0.111. The molecule has 0 saturated heterocycles. The van der Waals surface area contributed by atoms with Crippen molar-refractivity contribution in [3.8, 4) is 0 Å². The van der Waals surface area contributed by atoms with Gasteiger partial charge in [-0.3, -0.25) is 4.79 Å². The van der Waals surface area contributed by atoms with E-state index in [2.05, 4.69) is 5.32 Å². The Labute approximate surface area is 125 Å². The summed E-state index contributed by atoms with van der Waals surface area (Å²) in [4.78, 5) is 11.7. The number of halogens is 3. The topological polar surface area (TPSA) is 29.1 Å². The molecule has 0 aliphatic carbocycles. The third-order valence-corrected chi connectivity index (χ3v) is 3.03. The van der Waals surface area contributed by atoms with Crippen molar-refractivity contribution < 1.29 is 9.18 Å². The number of benzene rings is 2. The van der Waals surface area contributed by atoms with Gasteiger partial charge in [0.1, 0.15) is 5.82 Å². The van der Waals surface area contributed by atoms with Crippen molar-refractivity contribution in [3.05, 3.63) is 70.0 Å². The van der Waals surface area contributed by atoms with Gasteiger partial charge >= 0.3 is 0 Å². The molecule has 1 N–H and O–H groups in total. The molecule has 5 heteroatoms. The molecule has 1 amide bonds. The molecular weight excluding hydrogens is 300 g/mol. The van der Waals surface area contributed by atoms with E-state index < -0.39 is 0 Å². The van der Waals surface area contributed by atoms with Crippen LogP contribution < -0.4 is 5.32 Å². The minimum Gasteiger partial charge on any atom is -0.321 e. The summed E-state index contributed by atoms with van der Waals surface area (Å²) in [6, 6.07) is 10.6. The summed E-state index contributed by atoms with van der Waals surface area (Å²) >= 11 is 11.7. The zero-order valence-corrected chi connectivity index (χ0v) is 11.8. The number of anilines is 1. The second kappa shape index (κ2) is 6.55. The molecule has 0 radical (unpaired) electrons. The number of carbonyl (C=O) groups is 1. The fraction of sp³-hybridized carbons (Fsp3) is 0. The van der Waals surface area contributed by atoms with E-state index in [-0.39, 0.29) is 11.7 Å². The van der Waals surface area contributed by atoms with E-state index in [0.717, 1.165) is 5.56 Å². The highest BCUT2D eigenvalue weighted by Crippen LogP contribution is 2.25. The molecule has 0 bridgehead atoms. The molecule has 2 rings (SSSR count). The number of hydrogen-bond donors (Lipinski definition) is 1. The number of hydrogen-bond acceptors (Lipinski definition) is 1. The Morgan fingerprint density at radius 3 is 2.45 bits per heavy atom. The Morgan fingerprint density at radius 1 is 1.10 bits per heavy atom. The van der Waals surface area contributed by atoms with Gasteiger partial charge in [0.2, 0.25) is 5.91 Å². The Hall–Kier alpha value is -1.84. The van der Waals surface area contributed by atoms with Crippen LogP contribution in [0.1, 0.15) is 5.56 Å². The molecule has 0 spiro atoms. The van der Waals surface area contributed by atoms with Gasteiger partial charge in [-0.15, -0.1) is 0 Å². The van der Waals surface area contributed by atoms with Crippen molar-refractivity contribution in [2.75, 3.05) is 5.32 Å². The summed E-state index contributed by atoms with van der Waals surface area (Å²) in [6.07, 6.45) is 2.93. The highest BCUT2D eigenvalue weighted by molar-refractivity contribution is 6.36. The Morgan fingerprint density at radius 2 is 1.80 bits per heavy atom. The van der Waals surface area contributed by atoms with Crippen LogP contribution in [0.25, 0.3) is 6.08 Å². The summed E-state index contributed by atoms with van der Waals surface area (Å²) in [7, 11) is 0. The smallest absolute Gasteiger partial charge is 0.248 e. The molecule has 0 saturated carbocycles. The monoisotopic (exact) mass is 309 g/mol. The molecular formula is C15H10Cl2FNO. The van der Waals surface area contributed by atoms with Crippen molar-refractivity contribution in [3.63, 3.8) is 0 Å². The maximum Gasteiger partial charge on any atom is 0.248 e. The Balaban J connectivity index is 2.03. The molecule has 2 aromatic rings. The fourth-order valence-electron chi connectivity index (χ4n) is 1.51. The van der Waals surface area contributed by atoms with E-state index in [4.69, 9.17) is 23.2 Å². The number of nitrogens with one attached hydrogen (secondary N) is 1. The van der Waals surface area contributed by atoms with E-state index in [1.807, 2.05) is 0 Å². The van der Waals surface area contributed by atoms with E-state index in [1.54, 1.807) is 36.4 Å². The van der Waals surface area contributed by atoms with Crippen molar-refractivity contribution >= 4 is 40.9 Å². The molecule has 0 unspecified atom stereocenters. The van der Waals surface area contributed by atoms with Crippen LogP contribution in [-0.4, -0.2) is 5.91 Å². The van der Waals surface area contributed by atoms with Gasteiger partial charge in [-0.1, -0.05) is 35.3 Å². The third kappa shape index (κ3) is 4.08. The maximum absolute atomic E-state index is 12.7. The van der Waals surface area contributed by atoms with E-state index in [9.17, 15) is 9.18 Å². The summed E-state index contributed by atoms with van der Waals surface area (Å²) in [5.41, 5.74) is 1.20. The molecule has 0 atom stereocenters. The van der Waals surface area contributed by atoms with E-state index in [1.165, 1.54) is 18.2 Å². The van der Waals surface area contributed by atoms with Crippen LogP contribution >= 0.6 is 23.2 Å². The predicted octanol–water partition coefficient (Wildman–Crippen LogP) is 4.78. The molecule has 0 aliphatic heterocycles. The standard InChI is InChI=1S/C15H10Cl2FNO/c16-11-4-7-14(13(17)9-11)19-15(20)8-3-10-1-5-12(18)6-2-10/h1-9H,(H,19,20)/b8-3+. The van der Waals surface area contributed by atoms with Crippen molar-refractivity contribution in [1.82, 2.24) is 0 Å². The fourth-order valence-corrected chi connectivity index (χ4v) is 1.97. The molecule has 0 aromatic heterocycles. The SMILES string of the molecule is O=C(/C=C/c1ccc(F)cc1)Nc1ccc(Cl)cc1Cl. The van der Waals surface area contributed by atoms with Crippen LogP contribution in [0.2, 0.25) is 10.0 Å². The van der Waals surface area contributed by atoms with Crippen molar-refractivity contribution in [2.24, 2.45) is 0 Å². The first-order valence-electron chi connectivity index (χ1n) is 5.74. The van der Waals surface area contributed by atoms with Crippen LogP contribution in [0.4, 0.5) is 10.1 Å². The summed E-state index contributed by atoms with van der Waals surface area (Å²) in [6.45, 7) is 0. The number of carbonyl (C=O) groups excluding carboxylic acids is 1. The second-order valence-corrected chi connectivity index (χ2v) is 4.84. The lowest BCUT2D eigenvalue weighted by Gasteiger charge is -2.04. The summed E-state index contributed by atoms with van der Waals surface area (Å²) in [5, 5.41) is 3.49. The van der Waals surface area contributed by atoms with Crippen LogP contribution in [-0.2, 0) is 4.79 Å². The van der Waals surface area contributed by atoms with E-state index >= 15 is 0 Å². The van der Waals surface area contributed by atoms with Crippen LogP contribution in [0.15, 0.2) is 48.5 Å². The summed E-state index contributed by atoms with van der Waals surface area (Å²) in [5.74, 6) is -0.655. The lowest BCUT2D eigenvalue weighted by Crippen LogP contribution is -2.08. The van der Waals surface area contributed by atoms with Gasteiger partial charge in [-0.2, -0.15) is 0 Å². The zero-order chi connectivity index (χ0) is 14.5. The molecule has 20 heavy (non-hydrogen) atoms. The van der Waals surface area contributed by atoms with Gasteiger partial charge in [0.15, 0.2) is 0 Å². The zero-order valence-electron chi connectivity index (χ0n) is 10.2. The highest BCUT2D eigenvalue weighted by Gasteiger charge is 2.03. The molecule has 102 valence electrons. The van der Waals surface area contributed by atoms with Crippen LogP contribution in [0, 0.1) is 5.82 Å². The van der Waals surface area contributed by atoms with Gasteiger partial charge in [-0.25, -0.2) is 4.39 Å². The largest absolute Gasteiger partial charge is 0.321 e. The third-order valence-electron chi connectivity index (χ3n) is 2.49. The van der Waals surface area contributed by atoms with Gasteiger partial charge in [0.05, 0.1) is 10.7 Å². The molecule has 0 aliphatic rings. The minimum absolute atomic E-state index is 0.320. The maximum atomic E-state index is 12.7. The average molecular weight is 310 g/mol. The molecule has 0 fully saturated rings. The molecule has 0 heterocycles. The van der Waals surface area contributed by atoms with Gasteiger partial charge in [0, 0.05) is 11.1 Å². The number of rotatable bonds is 3. The first-order chi connectivity index (χ1) is 9.54. The van der Waals surface area contributed by atoms with Crippen molar-refractivity contribution in [2.45, 2.75) is 0 Å². The quantitative estimate of drug-likeness (QED) is 0.812. The van der Waals surface area contributed by atoms with Crippen LogP contribution in [0.3, 0.4) is 0 Å². The Bertz CT molecular complexity index is 653. The first kappa shape index (κ1) is 14.6. The van der Waals surface area contributed by atoms with Crippen LogP contribution in [0.5, 0.6) is 0 Å². The van der Waals surface area contributed by atoms with Crippen molar-refractivity contribution in [1.29, 1.82) is 0 Å². The lowest BCUT2D eigenvalue weighted by atomic mass is 10.2. The summed E-state index contributed by atoms with van der Waals surface area (Å²) < 4.78 is 12.7. The average Bonchev–Trinajstić information content (AvgIpc) is 2.41. The molecule has 2 nitrogen and oxygen atoms in total. The highest BCUT2D eigenvalue weighted by atomic mass is 35.5.